The molecule has 0 saturated heterocycles. The lowest BCUT2D eigenvalue weighted by Gasteiger charge is -2.28. The van der Waals surface area contributed by atoms with Crippen LogP contribution in [0.1, 0.15) is 37.3 Å². The number of aliphatic hydroxyl groups is 1. The highest BCUT2D eigenvalue weighted by molar-refractivity contribution is 5.85. The summed E-state index contributed by atoms with van der Waals surface area (Å²) in [4.78, 5) is 12.0. The summed E-state index contributed by atoms with van der Waals surface area (Å²) in [6.07, 6.45) is 3.73. The Kier molecular flexibility index (Phi) is 6.99. The predicted octanol–water partition coefficient (Wildman–Crippen LogP) is 1.78. The molecular weight excluding hydrogens is 276 g/mol. The van der Waals surface area contributed by atoms with Crippen LogP contribution in [0, 0.1) is 5.92 Å². The Morgan fingerprint density at radius 2 is 1.95 bits per heavy atom. The van der Waals surface area contributed by atoms with Crippen LogP contribution < -0.4 is 11.1 Å². The number of benzene rings is 1. The van der Waals surface area contributed by atoms with E-state index in [2.05, 4.69) is 5.32 Å². The molecule has 3 atom stereocenters. The molecule has 1 saturated carbocycles. The second-order valence-corrected chi connectivity index (χ2v) is 5.25. The van der Waals surface area contributed by atoms with E-state index in [0.29, 0.717) is 6.54 Å². The molecule has 3 unspecified atom stereocenters. The number of hydrogen-bond donors (Lipinski definition) is 3. The van der Waals surface area contributed by atoms with Crippen molar-refractivity contribution in [3.63, 3.8) is 0 Å². The van der Waals surface area contributed by atoms with Gasteiger partial charge < -0.3 is 16.2 Å². The lowest BCUT2D eigenvalue weighted by molar-refractivity contribution is -0.122. The van der Waals surface area contributed by atoms with Gasteiger partial charge in [-0.15, -0.1) is 12.4 Å². The topological polar surface area (TPSA) is 75.4 Å². The van der Waals surface area contributed by atoms with Crippen molar-refractivity contribution in [1.82, 2.24) is 5.32 Å². The molecule has 1 fully saturated rings. The summed E-state index contributed by atoms with van der Waals surface area (Å²) in [7, 11) is 0. The lowest BCUT2D eigenvalue weighted by Crippen LogP contribution is -2.40. The molecule has 0 radical (unpaired) electrons. The molecule has 4 nitrogen and oxygen atoms in total. The van der Waals surface area contributed by atoms with Gasteiger partial charge in [-0.3, -0.25) is 4.79 Å². The molecule has 20 heavy (non-hydrogen) atoms. The third kappa shape index (κ3) is 4.47. The van der Waals surface area contributed by atoms with Crippen LogP contribution in [0.15, 0.2) is 30.3 Å². The molecule has 2 rings (SSSR count). The van der Waals surface area contributed by atoms with Crippen molar-refractivity contribution in [2.24, 2.45) is 11.7 Å². The minimum Gasteiger partial charge on any atom is -0.393 e. The van der Waals surface area contributed by atoms with Crippen molar-refractivity contribution < 1.29 is 9.90 Å². The number of nitrogens with two attached hydrogens (primary N) is 1. The van der Waals surface area contributed by atoms with E-state index in [4.69, 9.17) is 5.73 Å². The average molecular weight is 299 g/mol. The van der Waals surface area contributed by atoms with Gasteiger partial charge in [0.25, 0.3) is 0 Å². The van der Waals surface area contributed by atoms with Gasteiger partial charge in [0.15, 0.2) is 0 Å². The smallest absolute Gasteiger partial charge is 0.241 e. The molecule has 0 spiro atoms. The van der Waals surface area contributed by atoms with Gasteiger partial charge in [0.1, 0.15) is 6.04 Å². The largest absolute Gasteiger partial charge is 0.393 e. The maximum absolute atomic E-state index is 12.0. The van der Waals surface area contributed by atoms with Crippen LogP contribution in [0.4, 0.5) is 0 Å². The van der Waals surface area contributed by atoms with Gasteiger partial charge in [-0.05, 0) is 18.4 Å². The minimum atomic E-state index is -0.637. The van der Waals surface area contributed by atoms with Gasteiger partial charge in [-0.2, -0.15) is 0 Å². The molecule has 1 aromatic carbocycles. The first-order valence-corrected chi connectivity index (χ1v) is 6.95. The molecule has 112 valence electrons. The van der Waals surface area contributed by atoms with E-state index in [1.54, 1.807) is 0 Å². The molecule has 0 heterocycles. The van der Waals surface area contributed by atoms with Crippen LogP contribution in [-0.4, -0.2) is 23.7 Å². The van der Waals surface area contributed by atoms with E-state index in [1.807, 2.05) is 30.3 Å². The molecule has 1 aliphatic carbocycles. The number of halogens is 1. The summed E-state index contributed by atoms with van der Waals surface area (Å²) >= 11 is 0. The Hall–Kier alpha value is -1.10. The number of carbonyl (C=O) groups is 1. The predicted molar refractivity (Wildman–Crippen MR) is 81.6 cm³/mol. The molecule has 1 aromatic rings. The summed E-state index contributed by atoms with van der Waals surface area (Å²) in [6.45, 7) is 0.514. The molecule has 1 aliphatic rings. The van der Waals surface area contributed by atoms with E-state index in [0.717, 1.165) is 31.2 Å². The summed E-state index contributed by atoms with van der Waals surface area (Å²) in [5.41, 5.74) is 6.72. The summed E-state index contributed by atoms with van der Waals surface area (Å²) in [5, 5.41) is 12.7. The van der Waals surface area contributed by atoms with Gasteiger partial charge in [0, 0.05) is 12.5 Å². The minimum absolute atomic E-state index is 0. The number of nitrogens with one attached hydrogen (secondary N) is 1. The second-order valence-electron chi connectivity index (χ2n) is 5.25. The lowest BCUT2D eigenvalue weighted by atomic mass is 9.86. The maximum atomic E-state index is 12.0. The highest BCUT2D eigenvalue weighted by Crippen LogP contribution is 2.23. The van der Waals surface area contributed by atoms with Crippen molar-refractivity contribution >= 4 is 18.3 Å². The second kappa shape index (κ2) is 8.25. The third-order valence-corrected chi connectivity index (χ3v) is 3.85. The first kappa shape index (κ1) is 17.0. The summed E-state index contributed by atoms with van der Waals surface area (Å²) < 4.78 is 0. The molecule has 1 amide bonds. The van der Waals surface area contributed by atoms with Crippen molar-refractivity contribution in [3.8, 4) is 0 Å². The van der Waals surface area contributed by atoms with Gasteiger partial charge in [-0.1, -0.05) is 43.2 Å². The van der Waals surface area contributed by atoms with Crippen LogP contribution >= 0.6 is 12.4 Å². The zero-order chi connectivity index (χ0) is 13.7. The van der Waals surface area contributed by atoms with E-state index in [9.17, 15) is 9.90 Å². The van der Waals surface area contributed by atoms with Crippen LogP contribution in [-0.2, 0) is 4.79 Å². The van der Waals surface area contributed by atoms with E-state index in [1.165, 1.54) is 0 Å². The Labute approximate surface area is 126 Å². The van der Waals surface area contributed by atoms with Crippen LogP contribution in [0.25, 0.3) is 0 Å². The van der Waals surface area contributed by atoms with Crippen molar-refractivity contribution in [2.45, 2.75) is 37.8 Å². The van der Waals surface area contributed by atoms with E-state index in [-0.39, 0.29) is 30.3 Å². The number of rotatable bonds is 4. The Morgan fingerprint density at radius 3 is 2.60 bits per heavy atom. The highest BCUT2D eigenvalue weighted by atomic mass is 35.5. The highest BCUT2D eigenvalue weighted by Gasteiger charge is 2.24. The Morgan fingerprint density at radius 1 is 1.30 bits per heavy atom. The fourth-order valence-electron chi connectivity index (χ4n) is 2.58. The van der Waals surface area contributed by atoms with Crippen molar-refractivity contribution in [3.05, 3.63) is 35.9 Å². The van der Waals surface area contributed by atoms with Gasteiger partial charge >= 0.3 is 0 Å². The number of amides is 1. The fourth-order valence-corrected chi connectivity index (χ4v) is 2.58. The first-order valence-electron chi connectivity index (χ1n) is 6.95. The number of hydrogen-bond acceptors (Lipinski definition) is 3. The summed E-state index contributed by atoms with van der Waals surface area (Å²) in [5.74, 6) is -0.00959. The van der Waals surface area contributed by atoms with Crippen LogP contribution in [0.2, 0.25) is 0 Å². The standard InChI is InChI=1S/C15H22N2O2.ClH/c16-14(11-6-2-1-3-7-11)15(19)17-10-12-8-4-5-9-13(12)18;/h1-3,6-7,12-14,18H,4-5,8-10,16H2,(H,17,19);1H. The SMILES string of the molecule is Cl.NC(C(=O)NCC1CCCCC1O)c1ccccc1. The third-order valence-electron chi connectivity index (χ3n) is 3.85. The van der Waals surface area contributed by atoms with Gasteiger partial charge in [0.05, 0.1) is 6.10 Å². The molecular formula is C15H23ClN2O2. The van der Waals surface area contributed by atoms with Crippen LogP contribution in [0.5, 0.6) is 0 Å². The average Bonchev–Trinajstić information content (AvgIpc) is 2.46. The zero-order valence-electron chi connectivity index (χ0n) is 11.5. The molecule has 5 heteroatoms. The van der Waals surface area contributed by atoms with Gasteiger partial charge in [-0.25, -0.2) is 0 Å². The van der Waals surface area contributed by atoms with Gasteiger partial charge in [0.2, 0.25) is 5.91 Å². The summed E-state index contributed by atoms with van der Waals surface area (Å²) in [6, 6.07) is 8.69. The Balaban J connectivity index is 0.00000200. The monoisotopic (exact) mass is 298 g/mol. The normalized spacial score (nSPS) is 23.5. The van der Waals surface area contributed by atoms with Crippen molar-refractivity contribution in [2.75, 3.05) is 6.54 Å². The molecule has 4 N–H and O–H groups in total. The van der Waals surface area contributed by atoms with E-state index >= 15 is 0 Å². The van der Waals surface area contributed by atoms with E-state index < -0.39 is 6.04 Å². The van der Waals surface area contributed by atoms with Crippen LogP contribution in [0.3, 0.4) is 0 Å². The number of carbonyl (C=O) groups excluding carboxylic acids is 1. The fraction of sp³-hybridized carbons (Fsp3) is 0.533. The maximum Gasteiger partial charge on any atom is 0.241 e. The first-order chi connectivity index (χ1) is 9.18. The molecule has 0 aliphatic heterocycles. The molecule has 0 aromatic heterocycles. The zero-order valence-corrected chi connectivity index (χ0v) is 12.3. The Bertz CT molecular complexity index is 414. The van der Waals surface area contributed by atoms with Crippen molar-refractivity contribution in [1.29, 1.82) is 0 Å². The quantitative estimate of drug-likeness (QED) is 0.793. The molecule has 0 bridgehead atoms. The number of aliphatic hydroxyl groups excluding tert-OH is 1.